The predicted octanol–water partition coefficient (Wildman–Crippen LogP) is 4.16. The van der Waals surface area contributed by atoms with Gasteiger partial charge in [-0.3, -0.25) is 4.79 Å². The van der Waals surface area contributed by atoms with E-state index in [1.54, 1.807) is 6.20 Å². The number of hydrogen-bond donors (Lipinski definition) is 2. The number of carbonyl (C=O) groups is 1. The minimum atomic E-state index is -4.61. The minimum absolute atomic E-state index is 0.00355. The molecule has 0 saturated carbocycles. The summed E-state index contributed by atoms with van der Waals surface area (Å²) in [4.78, 5) is 25.5. The third-order valence-electron chi connectivity index (χ3n) is 4.69. The van der Waals surface area contributed by atoms with Crippen LogP contribution in [0.5, 0.6) is 5.75 Å². The van der Waals surface area contributed by atoms with Crippen molar-refractivity contribution in [3.63, 3.8) is 0 Å². The summed E-state index contributed by atoms with van der Waals surface area (Å²) in [6.45, 7) is 0.533. The summed E-state index contributed by atoms with van der Waals surface area (Å²) in [5.74, 6) is -0.642. The van der Waals surface area contributed by atoms with Crippen molar-refractivity contribution in [2.75, 3.05) is 13.1 Å². The molecule has 2 N–H and O–H groups in total. The summed E-state index contributed by atoms with van der Waals surface area (Å²) in [7, 11) is 0. The van der Waals surface area contributed by atoms with Gasteiger partial charge in [-0.15, -0.1) is 0 Å². The average Bonchev–Trinajstić information content (AvgIpc) is 2.62. The molecule has 2 heterocycles. The van der Waals surface area contributed by atoms with Crippen LogP contribution in [0, 0.1) is 3.57 Å². The number of carboxylic acid groups (broad SMARTS) is 1. The number of phenols is 1. The summed E-state index contributed by atoms with van der Waals surface area (Å²) in [5.41, 5.74) is -1.45. The number of aromatic hydroxyl groups is 1. The maximum Gasteiger partial charge on any atom is 0.416 e. The van der Waals surface area contributed by atoms with Gasteiger partial charge in [0, 0.05) is 28.4 Å². The topological polar surface area (TPSA) is 82.8 Å². The van der Waals surface area contributed by atoms with Gasteiger partial charge in [-0.25, -0.2) is 4.79 Å². The quantitative estimate of drug-likeness (QED) is 0.598. The Kier molecular flexibility index (Phi) is 5.60. The van der Waals surface area contributed by atoms with E-state index in [0.717, 1.165) is 12.1 Å². The lowest BCUT2D eigenvalue weighted by atomic mass is 10.0. The van der Waals surface area contributed by atoms with Crippen LogP contribution in [0.25, 0.3) is 11.1 Å². The molecule has 1 amide bonds. The lowest BCUT2D eigenvalue weighted by Crippen LogP contribution is -2.42. The number of halogens is 4. The molecule has 1 saturated heterocycles. The number of phenolic OH excluding ortho intramolecular Hbond substituents is 1. The molecular formula is C18H16F3IN2O4. The van der Waals surface area contributed by atoms with Gasteiger partial charge in [-0.05, 0) is 59.7 Å². The Morgan fingerprint density at radius 3 is 2.54 bits per heavy atom. The van der Waals surface area contributed by atoms with Crippen molar-refractivity contribution >= 4 is 28.7 Å². The van der Waals surface area contributed by atoms with E-state index in [4.69, 9.17) is 0 Å². The number of benzene rings is 1. The number of pyridine rings is 1. The molecule has 6 nitrogen and oxygen atoms in total. The van der Waals surface area contributed by atoms with Gasteiger partial charge in [0.2, 0.25) is 0 Å². The van der Waals surface area contributed by atoms with E-state index in [1.807, 2.05) is 22.6 Å². The van der Waals surface area contributed by atoms with Crippen molar-refractivity contribution in [2.45, 2.75) is 25.1 Å². The Labute approximate surface area is 171 Å². The zero-order chi connectivity index (χ0) is 20.6. The van der Waals surface area contributed by atoms with Crippen molar-refractivity contribution in [1.29, 1.82) is 0 Å². The molecule has 0 bridgehead atoms. The number of piperidine rings is 1. The monoisotopic (exact) mass is 508 g/mol. The molecule has 1 aliphatic rings. The maximum absolute atomic E-state index is 13.0. The highest BCUT2D eigenvalue weighted by Crippen LogP contribution is 2.36. The van der Waals surface area contributed by atoms with E-state index in [2.05, 4.69) is 0 Å². The van der Waals surface area contributed by atoms with Crippen LogP contribution in [-0.4, -0.2) is 38.9 Å². The molecule has 1 fully saturated rings. The fraction of sp³-hybridized carbons (Fsp3) is 0.333. The number of amides is 1. The second-order valence-electron chi connectivity index (χ2n) is 6.54. The van der Waals surface area contributed by atoms with Gasteiger partial charge in [0.05, 0.1) is 17.2 Å². The first-order chi connectivity index (χ1) is 13.1. The van der Waals surface area contributed by atoms with Crippen molar-refractivity contribution in [2.24, 2.45) is 0 Å². The third kappa shape index (κ3) is 4.10. The molecule has 10 heteroatoms. The van der Waals surface area contributed by atoms with Gasteiger partial charge in [-0.2, -0.15) is 13.2 Å². The van der Waals surface area contributed by atoms with Gasteiger partial charge in [0.15, 0.2) is 0 Å². The van der Waals surface area contributed by atoms with Crippen LogP contribution >= 0.6 is 22.6 Å². The van der Waals surface area contributed by atoms with Gasteiger partial charge in [0.1, 0.15) is 5.75 Å². The first-order valence-corrected chi connectivity index (χ1v) is 9.46. The SMILES string of the molecule is O=C(O)N1CCCC(n2cc(I)cc(-c3ccc(C(F)(F)F)cc3O)c2=O)C1. The van der Waals surface area contributed by atoms with Crippen molar-refractivity contribution < 1.29 is 28.2 Å². The predicted molar refractivity (Wildman–Crippen MR) is 103 cm³/mol. The number of nitrogens with zero attached hydrogens (tertiary/aromatic N) is 2. The van der Waals surface area contributed by atoms with Crippen LogP contribution in [0.2, 0.25) is 0 Å². The number of likely N-dealkylation sites (tertiary alicyclic amines) is 1. The highest BCUT2D eigenvalue weighted by molar-refractivity contribution is 14.1. The molecule has 1 aliphatic heterocycles. The summed E-state index contributed by atoms with van der Waals surface area (Å²) in [6.07, 6.45) is -2.89. The molecule has 1 unspecified atom stereocenters. The van der Waals surface area contributed by atoms with E-state index in [-0.39, 0.29) is 23.7 Å². The summed E-state index contributed by atoms with van der Waals surface area (Å²) >= 11 is 1.97. The van der Waals surface area contributed by atoms with E-state index < -0.39 is 29.1 Å². The van der Waals surface area contributed by atoms with Crippen LogP contribution in [0.3, 0.4) is 0 Å². The summed E-state index contributed by atoms with van der Waals surface area (Å²) < 4.78 is 40.5. The minimum Gasteiger partial charge on any atom is -0.507 e. The van der Waals surface area contributed by atoms with Crippen LogP contribution in [-0.2, 0) is 6.18 Å². The zero-order valence-corrected chi connectivity index (χ0v) is 16.6. The number of rotatable bonds is 2. The summed E-state index contributed by atoms with van der Waals surface area (Å²) in [6, 6.07) is 3.57. The van der Waals surface area contributed by atoms with E-state index in [9.17, 15) is 33.0 Å². The highest BCUT2D eigenvalue weighted by Gasteiger charge is 2.32. The fourth-order valence-electron chi connectivity index (χ4n) is 3.32. The number of aromatic nitrogens is 1. The normalized spacial score (nSPS) is 17.6. The lowest BCUT2D eigenvalue weighted by molar-refractivity contribution is -0.137. The largest absolute Gasteiger partial charge is 0.507 e. The molecule has 1 aromatic carbocycles. The van der Waals surface area contributed by atoms with Gasteiger partial charge in [0.25, 0.3) is 5.56 Å². The second kappa shape index (κ2) is 7.64. The lowest BCUT2D eigenvalue weighted by Gasteiger charge is -2.32. The molecule has 0 spiro atoms. The van der Waals surface area contributed by atoms with Crippen LogP contribution in [0.4, 0.5) is 18.0 Å². The molecule has 150 valence electrons. The Morgan fingerprint density at radius 2 is 1.93 bits per heavy atom. The van der Waals surface area contributed by atoms with Gasteiger partial charge < -0.3 is 19.7 Å². The Morgan fingerprint density at radius 1 is 1.21 bits per heavy atom. The zero-order valence-electron chi connectivity index (χ0n) is 14.4. The Hall–Kier alpha value is -2.24. The smallest absolute Gasteiger partial charge is 0.416 e. The van der Waals surface area contributed by atoms with Crippen molar-refractivity contribution in [3.8, 4) is 16.9 Å². The molecule has 0 radical (unpaired) electrons. The third-order valence-corrected chi connectivity index (χ3v) is 5.28. The molecule has 28 heavy (non-hydrogen) atoms. The second-order valence-corrected chi connectivity index (χ2v) is 7.78. The first-order valence-electron chi connectivity index (χ1n) is 8.38. The van der Waals surface area contributed by atoms with E-state index in [1.165, 1.54) is 15.5 Å². The Balaban J connectivity index is 2.05. The molecular weight excluding hydrogens is 492 g/mol. The number of hydrogen-bond acceptors (Lipinski definition) is 3. The van der Waals surface area contributed by atoms with Crippen molar-refractivity contribution in [1.82, 2.24) is 9.47 Å². The van der Waals surface area contributed by atoms with Gasteiger partial charge >= 0.3 is 12.3 Å². The van der Waals surface area contributed by atoms with Crippen LogP contribution < -0.4 is 5.56 Å². The molecule has 3 rings (SSSR count). The van der Waals surface area contributed by atoms with Crippen LogP contribution in [0.1, 0.15) is 24.4 Å². The van der Waals surface area contributed by atoms with E-state index in [0.29, 0.717) is 29.0 Å². The van der Waals surface area contributed by atoms with Crippen molar-refractivity contribution in [3.05, 3.63) is 49.9 Å². The Bertz CT molecular complexity index is 974. The maximum atomic E-state index is 13.0. The standard InChI is InChI=1S/C18H16F3IN2O4/c19-18(20,21)10-3-4-13(15(25)6-10)14-7-11(22)8-24(16(14)26)12-2-1-5-23(9-12)17(27)28/h3-4,6-8,12,25H,1-2,5,9H2,(H,27,28). The first kappa shape index (κ1) is 20.5. The van der Waals surface area contributed by atoms with Crippen LogP contribution in [0.15, 0.2) is 35.3 Å². The summed E-state index contributed by atoms with van der Waals surface area (Å²) in [5, 5.41) is 19.3. The van der Waals surface area contributed by atoms with Gasteiger partial charge in [-0.1, -0.05) is 0 Å². The number of alkyl halides is 3. The fourth-order valence-corrected chi connectivity index (χ4v) is 3.93. The highest BCUT2D eigenvalue weighted by atomic mass is 127. The molecule has 2 aromatic rings. The molecule has 1 aromatic heterocycles. The van der Waals surface area contributed by atoms with E-state index >= 15 is 0 Å². The molecule has 1 atom stereocenters. The molecule has 0 aliphatic carbocycles. The average molecular weight is 508 g/mol.